The molecule has 0 radical (unpaired) electrons. The molecule has 0 aliphatic heterocycles. The van der Waals surface area contributed by atoms with Crippen molar-refractivity contribution in [2.45, 2.75) is 32.6 Å². The summed E-state index contributed by atoms with van der Waals surface area (Å²) < 4.78 is 14.0. The van der Waals surface area contributed by atoms with E-state index in [-0.39, 0.29) is 0 Å². The molecule has 0 saturated heterocycles. The summed E-state index contributed by atoms with van der Waals surface area (Å²) in [7, 11) is 0.427. The van der Waals surface area contributed by atoms with Crippen LogP contribution in [0.25, 0.3) is 0 Å². The van der Waals surface area contributed by atoms with E-state index in [0.29, 0.717) is 7.35 Å². The Kier molecular flexibility index (Phi) is 7.90. The van der Waals surface area contributed by atoms with E-state index < -0.39 is 0 Å². The number of hydrogen-bond acceptors (Lipinski definition) is 2. The SMILES string of the molecule is CCCCCC=COB=O. The number of hydrogen-bond donors (Lipinski definition) is 0. The molecule has 0 aromatic heterocycles. The van der Waals surface area contributed by atoms with E-state index in [4.69, 9.17) is 0 Å². The molecule has 0 bridgehead atoms. The van der Waals surface area contributed by atoms with Crippen LogP contribution in [0.1, 0.15) is 32.6 Å². The van der Waals surface area contributed by atoms with Crippen LogP contribution in [0.4, 0.5) is 0 Å². The van der Waals surface area contributed by atoms with Crippen molar-refractivity contribution in [3.05, 3.63) is 12.3 Å². The molecule has 0 N–H and O–H groups in total. The van der Waals surface area contributed by atoms with E-state index in [9.17, 15) is 4.70 Å². The summed E-state index contributed by atoms with van der Waals surface area (Å²) in [6, 6.07) is 0. The summed E-state index contributed by atoms with van der Waals surface area (Å²) in [5, 5.41) is 0. The second-order valence-electron chi connectivity index (χ2n) is 2.10. The average Bonchev–Trinajstić information content (AvgIpc) is 1.97. The second kappa shape index (κ2) is 8.40. The zero-order valence-corrected chi connectivity index (χ0v) is 6.38. The molecule has 0 fully saturated rings. The first-order chi connectivity index (χ1) is 4.91. The van der Waals surface area contributed by atoms with E-state index in [2.05, 4.69) is 11.6 Å². The molecule has 0 heterocycles. The van der Waals surface area contributed by atoms with Gasteiger partial charge in [-0.15, -0.1) is 0 Å². The zero-order valence-electron chi connectivity index (χ0n) is 6.38. The minimum absolute atomic E-state index is 0.427. The van der Waals surface area contributed by atoms with Crippen LogP contribution in [0.2, 0.25) is 0 Å². The van der Waals surface area contributed by atoms with E-state index in [1.807, 2.05) is 6.08 Å². The van der Waals surface area contributed by atoms with Gasteiger partial charge in [0.15, 0.2) is 0 Å². The number of allylic oxidation sites excluding steroid dienone is 1. The van der Waals surface area contributed by atoms with Crippen LogP contribution >= 0.6 is 0 Å². The van der Waals surface area contributed by atoms with Crippen LogP contribution in [-0.2, 0) is 9.36 Å². The van der Waals surface area contributed by atoms with Crippen molar-refractivity contribution in [3.63, 3.8) is 0 Å². The van der Waals surface area contributed by atoms with Crippen molar-refractivity contribution >= 4 is 7.35 Å². The average molecular weight is 140 g/mol. The Bertz CT molecular complexity index is 102. The van der Waals surface area contributed by atoms with E-state index >= 15 is 0 Å². The summed E-state index contributed by atoms with van der Waals surface area (Å²) in [5.41, 5.74) is 0. The van der Waals surface area contributed by atoms with Crippen LogP contribution in [0.15, 0.2) is 12.3 Å². The fraction of sp³-hybridized carbons (Fsp3) is 0.714. The topological polar surface area (TPSA) is 26.3 Å². The van der Waals surface area contributed by atoms with Gasteiger partial charge in [0.1, 0.15) is 0 Å². The number of unbranched alkanes of at least 4 members (excludes halogenated alkanes) is 3. The summed E-state index contributed by atoms with van der Waals surface area (Å²) in [6.07, 6.45) is 7.94. The fourth-order valence-electron chi connectivity index (χ4n) is 0.668. The van der Waals surface area contributed by atoms with E-state index in [0.717, 1.165) is 6.42 Å². The van der Waals surface area contributed by atoms with E-state index in [1.54, 1.807) is 0 Å². The van der Waals surface area contributed by atoms with Gasteiger partial charge in [-0.2, -0.15) is 0 Å². The monoisotopic (exact) mass is 140 g/mol. The number of rotatable bonds is 6. The molecule has 0 amide bonds. The predicted molar refractivity (Wildman–Crippen MR) is 40.8 cm³/mol. The Morgan fingerprint density at radius 3 is 2.90 bits per heavy atom. The van der Waals surface area contributed by atoms with Crippen molar-refractivity contribution < 1.29 is 9.36 Å². The van der Waals surface area contributed by atoms with Gasteiger partial charge < -0.3 is 0 Å². The quantitative estimate of drug-likeness (QED) is 0.320. The van der Waals surface area contributed by atoms with Crippen LogP contribution in [0.3, 0.4) is 0 Å². The summed E-state index contributed by atoms with van der Waals surface area (Å²) >= 11 is 0. The van der Waals surface area contributed by atoms with Crippen LogP contribution in [0, 0.1) is 0 Å². The first-order valence-corrected chi connectivity index (χ1v) is 3.66. The van der Waals surface area contributed by atoms with Gasteiger partial charge in [0.25, 0.3) is 0 Å². The third-order valence-corrected chi connectivity index (χ3v) is 1.20. The molecule has 0 aromatic rings. The van der Waals surface area contributed by atoms with Gasteiger partial charge in [-0.05, 0) is 0 Å². The third-order valence-electron chi connectivity index (χ3n) is 1.20. The molecule has 2 nitrogen and oxygen atoms in total. The summed E-state index contributed by atoms with van der Waals surface area (Å²) in [6.45, 7) is 2.16. The van der Waals surface area contributed by atoms with Crippen molar-refractivity contribution in [2.75, 3.05) is 0 Å². The molecular weight excluding hydrogens is 127 g/mol. The molecule has 0 spiro atoms. The standard InChI is InChI=1S/C7H13BO2/c1-2-3-4-5-6-7-10-8-9/h6-7H,2-5H2,1H3. The maximum atomic E-state index is 9.62. The molecule has 3 heteroatoms. The summed E-state index contributed by atoms with van der Waals surface area (Å²) in [4.78, 5) is 0. The van der Waals surface area contributed by atoms with Crippen LogP contribution in [0.5, 0.6) is 0 Å². The molecule has 0 rings (SSSR count). The van der Waals surface area contributed by atoms with Gasteiger partial charge in [0.05, 0.1) is 0 Å². The van der Waals surface area contributed by atoms with Gasteiger partial charge in [0.2, 0.25) is 0 Å². The van der Waals surface area contributed by atoms with Crippen molar-refractivity contribution in [1.82, 2.24) is 0 Å². The fourth-order valence-corrected chi connectivity index (χ4v) is 0.668. The Labute approximate surface area is 62.6 Å². The third kappa shape index (κ3) is 7.40. The Hall–Kier alpha value is -0.595. The molecule has 0 aliphatic rings. The van der Waals surface area contributed by atoms with Crippen molar-refractivity contribution in [2.24, 2.45) is 0 Å². The maximum absolute atomic E-state index is 9.62. The van der Waals surface area contributed by atoms with Gasteiger partial charge in [0, 0.05) is 0 Å². The van der Waals surface area contributed by atoms with Gasteiger partial charge >= 0.3 is 61.7 Å². The molecule has 0 saturated carbocycles. The van der Waals surface area contributed by atoms with E-state index in [1.165, 1.54) is 25.5 Å². The first-order valence-electron chi connectivity index (χ1n) is 3.66. The molecule has 0 aliphatic carbocycles. The minimum atomic E-state index is 0.427. The van der Waals surface area contributed by atoms with Gasteiger partial charge in [-0.25, -0.2) is 0 Å². The van der Waals surface area contributed by atoms with Crippen LogP contribution < -0.4 is 0 Å². The molecule has 0 atom stereocenters. The molecule has 0 unspecified atom stereocenters. The molecule has 10 heavy (non-hydrogen) atoms. The molecular formula is C7H13BO2. The Morgan fingerprint density at radius 1 is 1.50 bits per heavy atom. The Morgan fingerprint density at radius 2 is 2.30 bits per heavy atom. The Balaban J connectivity index is 2.94. The van der Waals surface area contributed by atoms with Crippen LogP contribution in [-0.4, -0.2) is 7.35 Å². The van der Waals surface area contributed by atoms with Gasteiger partial charge in [-0.3, -0.25) is 0 Å². The first kappa shape index (κ1) is 9.40. The second-order valence-corrected chi connectivity index (χ2v) is 2.10. The van der Waals surface area contributed by atoms with Crippen molar-refractivity contribution in [3.8, 4) is 0 Å². The van der Waals surface area contributed by atoms with Gasteiger partial charge in [-0.1, -0.05) is 0 Å². The predicted octanol–water partition coefficient (Wildman–Crippen LogP) is 2.06. The zero-order chi connectivity index (χ0) is 7.66. The molecule has 0 aromatic carbocycles. The summed E-state index contributed by atoms with van der Waals surface area (Å²) in [5.74, 6) is 0. The normalized spacial score (nSPS) is 9.70. The van der Waals surface area contributed by atoms with Crippen molar-refractivity contribution in [1.29, 1.82) is 0 Å². The molecule has 56 valence electrons.